The molecule has 3 heterocycles. The van der Waals surface area contributed by atoms with Gasteiger partial charge in [0.25, 0.3) is 0 Å². The molecule has 1 aliphatic rings. The Kier molecular flexibility index (Phi) is 1.89. The number of hydrogen-bond acceptors (Lipinski definition) is 3. The van der Waals surface area contributed by atoms with Gasteiger partial charge < -0.3 is 9.73 Å². The summed E-state index contributed by atoms with van der Waals surface area (Å²) in [7, 11) is 1.95. The van der Waals surface area contributed by atoms with Crippen LogP contribution in [0.1, 0.15) is 23.1 Å². The van der Waals surface area contributed by atoms with E-state index in [1.165, 1.54) is 5.56 Å². The Bertz CT molecular complexity index is 472. The second-order valence-electron chi connectivity index (χ2n) is 3.83. The maximum absolute atomic E-state index is 5.54. The predicted octanol–water partition coefficient (Wildman–Crippen LogP) is 1.25. The van der Waals surface area contributed by atoms with Crippen LogP contribution in [0.5, 0.6) is 0 Å². The van der Waals surface area contributed by atoms with Crippen LogP contribution in [0.15, 0.2) is 29.0 Å². The monoisotopic (exact) mass is 203 g/mol. The number of rotatable bonds is 1. The Morgan fingerprint density at radius 3 is 3.27 bits per heavy atom. The minimum atomic E-state index is 0.149. The molecular formula is C11H13N3O. The first kappa shape index (κ1) is 8.73. The van der Waals surface area contributed by atoms with Crippen LogP contribution in [-0.2, 0) is 13.5 Å². The molecule has 0 aromatic carbocycles. The molecule has 0 aliphatic carbocycles. The molecule has 0 radical (unpaired) electrons. The lowest BCUT2D eigenvalue weighted by Gasteiger charge is -2.22. The number of furan rings is 1. The standard InChI is InChI=1S/C11H13N3O/c1-14-9(3-6-13-14)10-11-8(2-5-12-10)4-7-15-11/h3-4,6-7,10,12H,2,5H2,1H3. The van der Waals surface area contributed by atoms with Gasteiger partial charge in [-0.3, -0.25) is 4.68 Å². The van der Waals surface area contributed by atoms with Gasteiger partial charge in [-0.05, 0) is 24.1 Å². The van der Waals surface area contributed by atoms with Gasteiger partial charge in [-0.15, -0.1) is 0 Å². The van der Waals surface area contributed by atoms with Gasteiger partial charge in [0.2, 0.25) is 0 Å². The van der Waals surface area contributed by atoms with Gasteiger partial charge in [-0.2, -0.15) is 5.10 Å². The molecule has 4 nitrogen and oxygen atoms in total. The van der Waals surface area contributed by atoms with Gasteiger partial charge >= 0.3 is 0 Å². The molecule has 4 heteroatoms. The van der Waals surface area contributed by atoms with Crippen molar-refractivity contribution in [2.45, 2.75) is 12.5 Å². The maximum atomic E-state index is 5.54. The number of fused-ring (bicyclic) bond motifs is 1. The topological polar surface area (TPSA) is 43.0 Å². The quantitative estimate of drug-likeness (QED) is 0.758. The van der Waals surface area contributed by atoms with Crippen molar-refractivity contribution in [2.75, 3.05) is 6.54 Å². The van der Waals surface area contributed by atoms with Crippen molar-refractivity contribution in [3.05, 3.63) is 41.6 Å². The van der Waals surface area contributed by atoms with Crippen molar-refractivity contribution in [1.29, 1.82) is 0 Å². The molecule has 1 aliphatic heterocycles. The summed E-state index contributed by atoms with van der Waals surface area (Å²) in [5, 5.41) is 7.63. The van der Waals surface area contributed by atoms with Crippen LogP contribution in [0, 0.1) is 0 Å². The first-order valence-electron chi connectivity index (χ1n) is 5.14. The van der Waals surface area contributed by atoms with Crippen LogP contribution in [0.25, 0.3) is 0 Å². The first-order valence-corrected chi connectivity index (χ1v) is 5.14. The van der Waals surface area contributed by atoms with Crippen molar-refractivity contribution in [2.24, 2.45) is 7.05 Å². The first-order chi connectivity index (χ1) is 7.36. The summed E-state index contributed by atoms with van der Waals surface area (Å²) in [6.07, 6.45) is 4.62. The fraction of sp³-hybridized carbons (Fsp3) is 0.364. The summed E-state index contributed by atoms with van der Waals surface area (Å²) in [6.45, 7) is 0.988. The maximum Gasteiger partial charge on any atom is 0.130 e. The molecule has 0 saturated heterocycles. The van der Waals surface area contributed by atoms with Crippen molar-refractivity contribution < 1.29 is 4.42 Å². The summed E-state index contributed by atoms with van der Waals surface area (Å²) >= 11 is 0. The third-order valence-corrected chi connectivity index (χ3v) is 2.94. The zero-order valence-corrected chi connectivity index (χ0v) is 8.60. The van der Waals surface area contributed by atoms with E-state index in [4.69, 9.17) is 4.42 Å². The summed E-state index contributed by atoms with van der Waals surface area (Å²) in [5.41, 5.74) is 2.45. The van der Waals surface area contributed by atoms with Crippen LogP contribution < -0.4 is 5.32 Å². The molecule has 0 fully saturated rings. The second kappa shape index (κ2) is 3.24. The number of aryl methyl sites for hydroxylation is 1. The molecule has 0 spiro atoms. The molecule has 0 bridgehead atoms. The average molecular weight is 203 g/mol. The van der Waals surface area contributed by atoms with Crippen molar-refractivity contribution >= 4 is 0 Å². The van der Waals surface area contributed by atoms with Crippen LogP contribution in [0.4, 0.5) is 0 Å². The Hall–Kier alpha value is -1.55. The second-order valence-corrected chi connectivity index (χ2v) is 3.83. The highest BCUT2D eigenvalue weighted by molar-refractivity contribution is 5.30. The lowest BCUT2D eigenvalue weighted by Crippen LogP contribution is -2.31. The molecule has 2 aromatic rings. The van der Waals surface area contributed by atoms with E-state index >= 15 is 0 Å². The fourth-order valence-electron chi connectivity index (χ4n) is 2.16. The zero-order valence-electron chi connectivity index (χ0n) is 8.60. The summed E-state index contributed by atoms with van der Waals surface area (Å²) in [5.74, 6) is 1.03. The largest absolute Gasteiger partial charge is 0.467 e. The van der Waals surface area contributed by atoms with E-state index in [9.17, 15) is 0 Å². The number of hydrogen-bond donors (Lipinski definition) is 1. The summed E-state index contributed by atoms with van der Waals surface area (Å²) < 4.78 is 7.43. The smallest absolute Gasteiger partial charge is 0.130 e. The van der Waals surface area contributed by atoms with Gasteiger partial charge in [0.15, 0.2) is 0 Å². The third-order valence-electron chi connectivity index (χ3n) is 2.94. The van der Waals surface area contributed by atoms with Gasteiger partial charge in [0.05, 0.1) is 12.0 Å². The predicted molar refractivity (Wildman–Crippen MR) is 55.5 cm³/mol. The Labute approximate surface area is 87.9 Å². The highest BCUT2D eigenvalue weighted by atomic mass is 16.3. The van der Waals surface area contributed by atoms with E-state index in [2.05, 4.69) is 16.5 Å². The van der Waals surface area contributed by atoms with E-state index in [-0.39, 0.29) is 6.04 Å². The Balaban J connectivity index is 2.07. The minimum Gasteiger partial charge on any atom is -0.467 e. The van der Waals surface area contributed by atoms with Gasteiger partial charge in [0.1, 0.15) is 11.8 Å². The highest BCUT2D eigenvalue weighted by Crippen LogP contribution is 2.28. The zero-order chi connectivity index (χ0) is 10.3. The fourth-order valence-corrected chi connectivity index (χ4v) is 2.16. The van der Waals surface area contributed by atoms with E-state index < -0.39 is 0 Å². The average Bonchev–Trinajstić information content (AvgIpc) is 2.85. The van der Waals surface area contributed by atoms with E-state index in [0.717, 1.165) is 24.4 Å². The van der Waals surface area contributed by atoms with E-state index in [1.807, 2.05) is 24.0 Å². The number of nitrogens with one attached hydrogen (secondary N) is 1. The van der Waals surface area contributed by atoms with Crippen molar-refractivity contribution in [1.82, 2.24) is 15.1 Å². The van der Waals surface area contributed by atoms with Crippen LogP contribution in [0.3, 0.4) is 0 Å². The molecule has 2 aromatic heterocycles. The van der Waals surface area contributed by atoms with Crippen LogP contribution >= 0.6 is 0 Å². The van der Waals surface area contributed by atoms with Crippen LogP contribution in [0.2, 0.25) is 0 Å². The number of aromatic nitrogens is 2. The van der Waals surface area contributed by atoms with E-state index in [0.29, 0.717) is 0 Å². The third kappa shape index (κ3) is 1.29. The van der Waals surface area contributed by atoms with Gasteiger partial charge in [-0.25, -0.2) is 0 Å². The normalized spacial score (nSPS) is 20.2. The molecule has 3 rings (SSSR count). The van der Waals surface area contributed by atoms with E-state index in [1.54, 1.807) is 6.26 Å². The molecule has 0 amide bonds. The molecular weight excluding hydrogens is 190 g/mol. The molecule has 15 heavy (non-hydrogen) atoms. The van der Waals surface area contributed by atoms with Crippen molar-refractivity contribution in [3.8, 4) is 0 Å². The van der Waals surface area contributed by atoms with Crippen LogP contribution in [-0.4, -0.2) is 16.3 Å². The lowest BCUT2D eigenvalue weighted by atomic mass is 10.0. The Morgan fingerprint density at radius 1 is 1.53 bits per heavy atom. The van der Waals surface area contributed by atoms with Gasteiger partial charge in [-0.1, -0.05) is 0 Å². The highest BCUT2D eigenvalue weighted by Gasteiger charge is 2.26. The summed E-state index contributed by atoms with van der Waals surface area (Å²) in [6, 6.07) is 4.23. The lowest BCUT2D eigenvalue weighted by molar-refractivity contribution is 0.411. The molecule has 78 valence electrons. The molecule has 1 atom stereocenters. The SMILES string of the molecule is Cn1nccc1C1NCCc2ccoc21. The molecule has 1 N–H and O–H groups in total. The van der Waals surface area contributed by atoms with Gasteiger partial charge in [0, 0.05) is 19.8 Å². The number of nitrogens with zero attached hydrogens (tertiary/aromatic N) is 2. The van der Waals surface area contributed by atoms with Crippen molar-refractivity contribution in [3.63, 3.8) is 0 Å². The summed E-state index contributed by atoms with van der Waals surface area (Å²) in [4.78, 5) is 0. The Morgan fingerprint density at radius 2 is 2.47 bits per heavy atom. The minimum absolute atomic E-state index is 0.149. The molecule has 1 unspecified atom stereocenters. The molecule has 0 saturated carbocycles.